The van der Waals surface area contributed by atoms with E-state index in [4.69, 9.17) is 11.6 Å². The summed E-state index contributed by atoms with van der Waals surface area (Å²) in [6.07, 6.45) is 0. The Labute approximate surface area is 131 Å². The second-order valence-corrected chi connectivity index (χ2v) is 5.36. The van der Waals surface area contributed by atoms with E-state index in [2.05, 4.69) is 33.1 Å². The molecule has 0 aliphatic carbocycles. The van der Waals surface area contributed by atoms with Crippen LogP contribution in [0.25, 0.3) is 0 Å². The van der Waals surface area contributed by atoms with E-state index in [-0.39, 0.29) is 12.5 Å². The summed E-state index contributed by atoms with van der Waals surface area (Å²) in [5.74, 6) is 5.69. The van der Waals surface area contributed by atoms with E-state index in [1.165, 1.54) is 0 Å². The minimum Gasteiger partial charge on any atom is -0.341 e. The maximum absolute atomic E-state index is 11.8. The summed E-state index contributed by atoms with van der Waals surface area (Å²) < 4.78 is 0.871. The Morgan fingerprint density at radius 2 is 2.00 bits per heavy atom. The molecule has 0 unspecified atom stereocenters. The maximum Gasteiger partial charge on any atom is 0.252 e. The molecular formula is C16H11BrClNO. The van der Waals surface area contributed by atoms with Gasteiger partial charge in [0.2, 0.25) is 0 Å². The van der Waals surface area contributed by atoms with Crippen molar-refractivity contribution in [3.63, 3.8) is 0 Å². The van der Waals surface area contributed by atoms with Crippen molar-refractivity contribution >= 4 is 33.4 Å². The van der Waals surface area contributed by atoms with E-state index in [1.807, 2.05) is 24.3 Å². The summed E-state index contributed by atoms with van der Waals surface area (Å²) in [5.41, 5.74) is 1.43. The number of halogens is 2. The third-order valence-corrected chi connectivity index (χ3v) is 3.21. The molecule has 0 atom stereocenters. The molecule has 2 nitrogen and oxygen atoms in total. The predicted octanol–water partition coefficient (Wildman–Crippen LogP) is 3.88. The molecule has 0 saturated carbocycles. The first-order valence-corrected chi connectivity index (χ1v) is 7.10. The average molecular weight is 349 g/mol. The number of hydrogen-bond donors (Lipinski definition) is 1. The van der Waals surface area contributed by atoms with Crippen molar-refractivity contribution in [1.82, 2.24) is 5.32 Å². The van der Waals surface area contributed by atoms with Crippen molar-refractivity contribution in [2.24, 2.45) is 0 Å². The summed E-state index contributed by atoms with van der Waals surface area (Å²) in [6, 6.07) is 14.5. The highest BCUT2D eigenvalue weighted by Gasteiger charge is 2.03. The van der Waals surface area contributed by atoms with E-state index in [0.29, 0.717) is 10.6 Å². The Morgan fingerprint density at radius 3 is 2.75 bits per heavy atom. The molecule has 0 aliphatic rings. The summed E-state index contributed by atoms with van der Waals surface area (Å²) in [7, 11) is 0. The third kappa shape index (κ3) is 4.41. The van der Waals surface area contributed by atoms with Crippen LogP contribution < -0.4 is 5.32 Å². The number of hydrogen-bond acceptors (Lipinski definition) is 1. The molecule has 0 saturated heterocycles. The Morgan fingerprint density at radius 1 is 1.20 bits per heavy atom. The van der Waals surface area contributed by atoms with Gasteiger partial charge in [-0.25, -0.2) is 0 Å². The third-order valence-electron chi connectivity index (χ3n) is 2.48. The van der Waals surface area contributed by atoms with E-state index in [9.17, 15) is 4.79 Å². The Bertz CT molecular complexity index is 688. The molecule has 0 bridgehead atoms. The first-order chi connectivity index (χ1) is 9.65. The fraction of sp³-hybridized carbons (Fsp3) is 0.0625. The van der Waals surface area contributed by atoms with Crippen molar-refractivity contribution in [3.8, 4) is 11.8 Å². The standard InChI is InChI=1S/C16H11BrClNO/c17-14-7-2-6-13(11-14)16(20)19-9-3-5-12-4-1-8-15(18)10-12/h1-2,4,6-8,10-11H,9H2,(H,19,20). The van der Waals surface area contributed by atoms with Gasteiger partial charge < -0.3 is 5.32 Å². The van der Waals surface area contributed by atoms with Gasteiger partial charge in [0.05, 0.1) is 6.54 Å². The van der Waals surface area contributed by atoms with E-state index in [0.717, 1.165) is 10.0 Å². The van der Waals surface area contributed by atoms with Crippen molar-refractivity contribution in [2.75, 3.05) is 6.54 Å². The molecule has 2 aromatic carbocycles. The first kappa shape index (κ1) is 14.6. The van der Waals surface area contributed by atoms with Gasteiger partial charge in [0.1, 0.15) is 0 Å². The minimum atomic E-state index is -0.147. The molecule has 20 heavy (non-hydrogen) atoms. The molecule has 2 rings (SSSR count). The second kappa shape index (κ2) is 7.14. The zero-order valence-electron chi connectivity index (χ0n) is 10.5. The second-order valence-electron chi connectivity index (χ2n) is 4.01. The molecular weight excluding hydrogens is 338 g/mol. The molecule has 1 amide bonds. The fourth-order valence-corrected chi connectivity index (χ4v) is 2.16. The average Bonchev–Trinajstić information content (AvgIpc) is 2.43. The van der Waals surface area contributed by atoms with Gasteiger partial charge in [-0.1, -0.05) is 51.5 Å². The van der Waals surface area contributed by atoms with Crippen LogP contribution in [0.4, 0.5) is 0 Å². The maximum atomic E-state index is 11.8. The summed E-state index contributed by atoms with van der Waals surface area (Å²) in [6.45, 7) is 0.290. The van der Waals surface area contributed by atoms with Crippen LogP contribution in [0.15, 0.2) is 53.0 Å². The molecule has 2 aromatic rings. The molecule has 0 fully saturated rings. The number of benzene rings is 2. The number of carbonyl (C=O) groups excluding carboxylic acids is 1. The fourth-order valence-electron chi connectivity index (χ4n) is 1.57. The topological polar surface area (TPSA) is 29.1 Å². The van der Waals surface area contributed by atoms with Gasteiger partial charge in [-0.15, -0.1) is 0 Å². The lowest BCUT2D eigenvalue weighted by atomic mass is 10.2. The first-order valence-electron chi connectivity index (χ1n) is 5.93. The lowest BCUT2D eigenvalue weighted by Gasteiger charge is -2.01. The Hall–Kier alpha value is -1.76. The van der Waals surface area contributed by atoms with Crippen LogP contribution in [0, 0.1) is 11.8 Å². The molecule has 0 heterocycles. The summed E-state index contributed by atoms with van der Waals surface area (Å²) >= 11 is 9.19. The lowest BCUT2D eigenvalue weighted by Crippen LogP contribution is -2.23. The molecule has 4 heteroatoms. The quantitative estimate of drug-likeness (QED) is 0.820. The van der Waals surface area contributed by atoms with Crippen LogP contribution in [-0.2, 0) is 0 Å². The smallest absolute Gasteiger partial charge is 0.252 e. The zero-order chi connectivity index (χ0) is 14.4. The monoisotopic (exact) mass is 347 g/mol. The predicted molar refractivity (Wildman–Crippen MR) is 84.8 cm³/mol. The Kier molecular flexibility index (Phi) is 5.23. The number of rotatable bonds is 2. The van der Waals surface area contributed by atoms with E-state index < -0.39 is 0 Å². The zero-order valence-corrected chi connectivity index (χ0v) is 12.8. The van der Waals surface area contributed by atoms with Crippen molar-refractivity contribution in [2.45, 2.75) is 0 Å². The van der Waals surface area contributed by atoms with Gasteiger partial charge in [-0.3, -0.25) is 4.79 Å². The molecule has 0 radical (unpaired) electrons. The lowest BCUT2D eigenvalue weighted by molar-refractivity contribution is 0.0958. The number of carbonyl (C=O) groups is 1. The van der Waals surface area contributed by atoms with Crippen LogP contribution in [0.1, 0.15) is 15.9 Å². The van der Waals surface area contributed by atoms with Gasteiger partial charge in [0, 0.05) is 20.6 Å². The molecule has 100 valence electrons. The molecule has 0 aromatic heterocycles. The summed E-state index contributed by atoms with van der Waals surface area (Å²) in [4.78, 5) is 11.8. The van der Waals surface area contributed by atoms with Crippen LogP contribution in [-0.4, -0.2) is 12.5 Å². The van der Waals surface area contributed by atoms with Crippen LogP contribution in [0.3, 0.4) is 0 Å². The van der Waals surface area contributed by atoms with Gasteiger partial charge in [-0.2, -0.15) is 0 Å². The highest BCUT2D eigenvalue weighted by atomic mass is 79.9. The molecule has 1 N–H and O–H groups in total. The highest BCUT2D eigenvalue weighted by molar-refractivity contribution is 9.10. The SMILES string of the molecule is O=C(NCC#Cc1cccc(Cl)c1)c1cccc(Br)c1. The Balaban J connectivity index is 1.92. The van der Waals surface area contributed by atoms with Gasteiger partial charge in [-0.05, 0) is 36.4 Å². The van der Waals surface area contributed by atoms with Crippen LogP contribution in [0.5, 0.6) is 0 Å². The van der Waals surface area contributed by atoms with Crippen LogP contribution >= 0.6 is 27.5 Å². The number of nitrogens with one attached hydrogen (secondary N) is 1. The van der Waals surface area contributed by atoms with Crippen molar-refractivity contribution in [3.05, 3.63) is 69.2 Å². The normalized spacial score (nSPS) is 9.50. The van der Waals surface area contributed by atoms with Crippen molar-refractivity contribution < 1.29 is 4.79 Å². The summed E-state index contributed by atoms with van der Waals surface area (Å²) in [5, 5.41) is 3.39. The van der Waals surface area contributed by atoms with E-state index in [1.54, 1.807) is 24.3 Å². The largest absolute Gasteiger partial charge is 0.341 e. The molecule has 0 aliphatic heterocycles. The van der Waals surface area contributed by atoms with Gasteiger partial charge in [0.25, 0.3) is 5.91 Å². The van der Waals surface area contributed by atoms with Crippen molar-refractivity contribution in [1.29, 1.82) is 0 Å². The van der Waals surface area contributed by atoms with Crippen LogP contribution in [0.2, 0.25) is 5.02 Å². The number of amides is 1. The highest BCUT2D eigenvalue weighted by Crippen LogP contribution is 2.11. The molecule has 0 spiro atoms. The van der Waals surface area contributed by atoms with E-state index >= 15 is 0 Å². The van der Waals surface area contributed by atoms with Gasteiger partial charge >= 0.3 is 0 Å². The van der Waals surface area contributed by atoms with Gasteiger partial charge in [0.15, 0.2) is 0 Å². The minimum absolute atomic E-state index is 0.147.